The first kappa shape index (κ1) is 12.8. The zero-order valence-electron chi connectivity index (χ0n) is 11.1. The monoisotopic (exact) mass is 389 g/mol. The van der Waals surface area contributed by atoms with Gasteiger partial charge in [0, 0.05) is 22.6 Å². The highest BCUT2D eigenvalue weighted by Crippen LogP contribution is 2.33. The van der Waals surface area contributed by atoms with Gasteiger partial charge in [-0.2, -0.15) is 5.10 Å². The third-order valence-corrected chi connectivity index (χ3v) is 4.73. The van der Waals surface area contributed by atoms with E-state index in [-0.39, 0.29) is 11.8 Å². The highest BCUT2D eigenvalue weighted by molar-refractivity contribution is 14.1. The standard InChI is InChI=1S/C16H12IN3O/c17-15-12-8-9(5-6-14(12)19-20-15)7-11-10-3-1-2-4-13(10)18-16(11)21/h1-2,4-8,10H,3H2,(H,18,21)(H,19,20)/b11-7+. The molecule has 0 saturated carbocycles. The van der Waals surface area contributed by atoms with Crippen LogP contribution >= 0.6 is 22.6 Å². The number of rotatable bonds is 1. The summed E-state index contributed by atoms with van der Waals surface area (Å²) in [6, 6.07) is 6.05. The van der Waals surface area contributed by atoms with Crippen molar-refractivity contribution in [2.75, 3.05) is 0 Å². The number of hydrogen-bond donors (Lipinski definition) is 2. The fourth-order valence-electron chi connectivity index (χ4n) is 2.85. The lowest BCUT2D eigenvalue weighted by molar-refractivity contribution is -0.115. The van der Waals surface area contributed by atoms with E-state index in [9.17, 15) is 4.79 Å². The molecule has 5 heteroatoms. The van der Waals surface area contributed by atoms with Crippen LogP contribution in [0, 0.1) is 9.62 Å². The van der Waals surface area contributed by atoms with Gasteiger partial charge in [-0.1, -0.05) is 18.2 Å². The van der Waals surface area contributed by atoms with Crippen molar-refractivity contribution in [2.24, 2.45) is 5.92 Å². The molecule has 1 aliphatic heterocycles. The Hall–Kier alpha value is -1.89. The second-order valence-electron chi connectivity index (χ2n) is 5.21. The number of benzene rings is 1. The molecule has 4 rings (SSSR count). The third kappa shape index (κ3) is 2.12. The van der Waals surface area contributed by atoms with Crippen LogP contribution in [0.1, 0.15) is 12.0 Å². The fraction of sp³-hybridized carbons (Fsp3) is 0.125. The Kier molecular flexibility index (Phi) is 2.95. The zero-order valence-corrected chi connectivity index (χ0v) is 13.2. The van der Waals surface area contributed by atoms with E-state index < -0.39 is 0 Å². The first-order valence-corrected chi connectivity index (χ1v) is 7.83. The minimum atomic E-state index is 0.0111. The molecular weight excluding hydrogens is 377 g/mol. The van der Waals surface area contributed by atoms with E-state index in [0.717, 1.165) is 37.9 Å². The Balaban J connectivity index is 1.78. The Labute approximate surface area is 135 Å². The number of carbonyl (C=O) groups excluding carboxylic acids is 1. The van der Waals surface area contributed by atoms with Gasteiger partial charge in [-0.05, 0) is 58.9 Å². The molecule has 1 aromatic carbocycles. The number of halogens is 1. The molecule has 104 valence electrons. The molecule has 2 aliphatic rings. The smallest absolute Gasteiger partial charge is 0.252 e. The van der Waals surface area contributed by atoms with Gasteiger partial charge in [0.05, 0.1) is 5.52 Å². The number of aromatic amines is 1. The Morgan fingerprint density at radius 1 is 1.38 bits per heavy atom. The molecule has 2 heterocycles. The van der Waals surface area contributed by atoms with Crippen LogP contribution in [0.3, 0.4) is 0 Å². The lowest BCUT2D eigenvalue weighted by atomic mass is 9.91. The van der Waals surface area contributed by atoms with Gasteiger partial charge in [0.15, 0.2) is 0 Å². The quantitative estimate of drug-likeness (QED) is 0.582. The fourth-order valence-corrected chi connectivity index (χ4v) is 3.40. The maximum Gasteiger partial charge on any atom is 0.252 e. The highest BCUT2D eigenvalue weighted by atomic mass is 127. The predicted octanol–water partition coefficient (Wildman–Crippen LogP) is 3.14. The number of fused-ring (bicyclic) bond motifs is 2. The van der Waals surface area contributed by atoms with E-state index in [1.54, 1.807) is 0 Å². The highest BCUT2D eigenvalue weighted by Gasteiger charge is 2.32. The van der Waals surface area contributed by atoms with Gasteiger partial charge < -0.3 is 5.32 Å². The van der Waals surface area contributed by atoms with Gasteiger partial charge in [-0.25, -0.2) is 0 Å². The molecule has 0 spiro atoms. The maximum atomic E-state index is 12.2. The molecule has 0 radical (unpaired) electrons. The second-order valence-corrected chi connectivity index (χ2v) is 6.29. The molecule has 2 N–H and O–H groups in total. The Bertz CT molecular complexity index is 844. The number of carbonyl (C=O) groups is 1. The molecule has 4 nitrogen and oxygen atoms in total. The number of nitrogens with one attached hydrogen (secondary N) is 2. The summed E-state index contributed by atoms with van der Waals surface area (Å²) in [5.41, 5.74) is 3.82. The first-order valence-electron chi connectivity index (χ1n) is 6.75. The van der Waals surface area contributed by atoms with Crippen molar-refractivity contribution in [1.29, 1.82) is 0 Å². The molecule has 1 aliphatic carbocycles. The minimum Gasteiger partial charge on any atom is -0.325 e. The summed E-state index contributed by atoms with van der Waals surface area (Å²) in [6.45, 7) is 0. The predicted molar refractivity (Wildman–Crippen MR) is 90.3 cm³/mol. The SMILES string of the molecule is O=C1NC2=CC=CCC2/C1=C\c1ccc2n[nH]c(I)c2c1. The van der Waals surface area contributed by atoms with E-state index in [4.69, 9.17) is 0 Å². The molecule has 0 bridgehead atoms. The lowest BCUT2D eigenvalue weighted by Gasteiger charge is -2.11. The van der Waals surface area contributed by atoms with Crippen molar-refractivity contribution in [2.45, 2.75) is 6.42 Å². The van der Waals surface area contributed by atoms with Crippen LogP contribution in [0.2, 0.25) is 0 Å². The van der Waals surface area contributed by atoms with Crippen LogP contribution in [-0.2, 0) is 4.79 Å². The van der Waals surface area contributed by atoms with Gasteiger partial charge in [0.2, 0.25) is 0 Å². The van der Waals surface area contributed by atoms with Crippen LogP contribution < -0.4 is 5.32 Å². The van der Waals surface area contributed by atoms with E-state index >= 15 is 0 Å². The summed E-state index contributed by atoms with van der Waals surface area (Å²) in [7, 11) is 0. The van der Waals surface area contributed by atoms with Crippen LogP contribution in [0.5, 0.6) is 0 Å². The van der Waals surface area contributed by atoms with Crippen LogP contribution in [0.4, 0.5) is 0 Å². The summed E-state index contributed by atoms with van der Waals surface area (Å²) in [5, 5.41) is 11.2. The third-order valence-electron chi connectivity index (χ3n) is 3.91. The van der Waals surface area contributed by atoms with Crippen molar-refractivity contribution in [1.82, 2.24) is 15.5 Å². The van der Waals surface area contributed by atoms with Crippen LogP contribution in [-0.4, -0.2) is 16.1 Å². The summed E-state index contributed by atoms with van der Waals surface area (Å²) in [6.07, 6.45) is 8.94. The van der Waals surface area contributed by atoms with E-state index in [1.807, 2.05) is 30.4 Å². The first-order chi connectivity index (χ1) is 10.2. The molecule has 1 unspecified atom stereocenters. The Morgan fingerprint density at radius 2 is 2.29 bits per heavy atom. The number of H-pyrrole nitrogens is 1. The van der Waals surface area contributed by atoms with Crippen molar-refractivity contribution >= 4 is 45.5 Å². The molecule has 1 atom stereocenters. The lowest BCUT2D eigenvalue weighted by Crippen LogP contribution is -2.13. The molecule has 1 amide bonds. The Morgan fingerprint density at radius 3 is 3.19 bits per heavy atom. The van der Waals surface area contributed by atoms with Gasteiger partial charge in [-0.15, -0.1) is 0 Å². The van der Waals surface area contributed by atoms with Crippen molar-refractivity contribution in [3.05, 3.63) is 57.0 Å². The summed E-state index contributed by atoms with van der Waals surface area (Å²) in [5.74, 6) is 0.179. The molecular formula is C16H12IN3O. The topological polar surface area (TPSA) is 57.8 Å². The van der Waals surface area contributed by atoms with E-state index in [1.165, 1.54) is 0 Å². The molecule has 21 heavy (non-hydrogen) atoms. The average Bonchev–Trinajstić information content (AvgIpc) is 3.01. The summed E-state index contributed by atoms with van der Waals surface area (Å²) in [4.78, 5) is 12.2. The number of allylic oxidation sites excluding steroid dienone is 4. The van der Waals surface area contributed by atoms with Crippen molar-refractivity contribution in [3.63, 3.8) is 0 Å². The normalized spacial score (nSPS) is 22.5. The number of amides is 1. The molecule has 1 saturated heterocycles. The number of hydrogen-bond acceptors (Lipinski definition) is 2. The molecule has 1 fully saturated rings. The average molecular weight is 389 g/mol. The summed E-state index contributed by atoms with van der Waals surface area (Å²) >= 11 is 2.23. The van der Waals surface area contributed by atoms with Gasteiger partial charge in [-0.3, -0.25) is 9.89 Å². The summed E-state index contributed by atoms with van der Waals surface area (Å²) < 4.78 is 1.01. The van der Waals surface area contributed by atoms with Crippen LogP contribution in [0.15, 0.2) is 47.7 Å². The van der Waals surface area contributed by atoms with Crippen molar-refractivity contribution in [3.8, 4) is 0 Å². The second kappa shape index (κ2) is 4.84. The number of aromatic nitrogens is 2. The van der Waals surface area contributed by atoms with E-state index in [0.29, 0.717) is 0 Å². The largest absolute Gasteiger partial charge is 0.325 e. The van der Waals surface area contributed by atoms with Crippen LogP contribution in [0.25, 0.3) is 17.0 Å². The zero-order chi connectivity index (χ0) is 14.4. The maximum absolute atomic E-state index is 12.2. The minimum absolute atomic E-state index is 0.0111. The van der Waals surface area contributed by atoms with Crippen molar-refractivity contribution < 1.29 is 4.79 Å². The molecule has 1 aromatic heterocycles. The number of nitrogens with zero attached hydrogens (tertiary/aromatic N) is 1. The molecule has 2 aromatic rings. The van der Waals surface area contributed by atoms with Gasteiger partial charge in [0.1, 0.15) is 3.70 Å². The van der Waals surface area contributed by atoms with E-state index in [2.05, 4.69) is 50.2 Å². The van der Waals surface area contributed by atoms with Gasteiger partial charge in [0.25, 0.3) is 5.91 Å². The van der Waals surface area contributed by atoms with Gasteiger partial charge >= 0.3 is 0 Å².